The lowest BCUT2D eigenvalue weighted by molar-refractivity contribution is 0.386. The molecule has 0 saturated heterocycles. The van der Waals surface area contributed by atoms with Crippen molar-refractivity contribution in [1.29, 1.82) is 0 Å². The zero-order chi connectivity index (χ0) is 8.43. The summed E-state index contributed by atoms with van der Waals surface area (Å²) >= 11 is 0. The highest BCUT2D eigenvalue weighted by molar-refractivity contribution is 5.57. The molecule has 0 fully saturated rings. The summed E-state index contributed by atoms with van der Waals surface area (Å²) < 4.78 is 0. The summed E-state index contributed by atoms with van der Waals surface area (Å²) in [5.74, 6) is 0.663. The molecule has 60 valence electrons. The third kappa shape index (κ3) is 1.10. The van der Waals surface area contributed by atoms with Gasteiger partial charge in [0.05, 0.1) is 0 Å². The largest absolute Gasteiger partial charge is 0.322 e. The molecule has 0 amide bonds. The van der Waals surface area contributed by atoms with Crippen LogP contribution in [0.15, 0.2) is 5.18 Å². The first-order valence-electron chi connectivity index (χ1n) is 3.13. The molecule has 11 heavy (non-hydrogen) atoms. The Morgan fingerprint density at radius 2 is 2.09 bits per heavy atom. The molecular weight excluding hydrogens is 146 g/mol. The highest BCUT2D eigenvalue weighted by atomic mass is 16.5. The van der Waals surface area contributed by atoms with E-state index >= 15 is 0 Å². The predicted octanol–water partition coefficient (Wildman–Crippen LogP) is 1.83. The van der Waals surface area contributed by atoms with Crippen LogP contribution < -0.4 is 5.48 Å². The summed E-state index contributed by atoms with van der Waals surface area (Å²) in [6, 6.07) is 0. The number of nitrogens with zero attached hydrogens (tertiary/aromatic N) is 1. The molecule has 1 heterocycles. The average molecular weight is 155 g/mol. The molecule has 0 atom stereocenters. The number of aromatic nitrogens is 1. The van der Waals surface area contributed by atoms with E-state index in [-0.39, 0.29) is 5.82 Å². The summed E-state index contributed by atoms with van der Waals surface area (Å²) in [4.78, 5) is 12.7. The van der Waals surface area contributed by atoms with Gasteiger partial charge in [0.1, 0.15) is 5.82 Å². The highest BCUT2D eigenvalue weighted by Crippen LogP contribution is 2.26. The van der Waals surface area contributed by atoms with Gasteiger partial charge in [-0.1, -0.05) is 0 Å². The monoisotopic (exact) mass is 155 g/mol. The SMILES string of the molecule is Cc1c(N=O)[nH]c(NO)c1C. The van der Waals surface area contributed by atoms with Crippen LogP contribution in [0.5, 0.6) is 0 Å². The molecule has 0 aliphatic carbocycles. The number of hydrogen-bond acceptors (Lipinski definition) is 4. The van der Waals surface area contributed by atoms with Gasteiger partial charge in [-0.05, 0) is 24.6 Å². The molecule has 0 unspecified atom stereocenters. The number of anilines is 1. The third-order valence-corrected chi connectivity index (χ3v) is 1.74. The van der Waals surface area contributed by atoms with Gasteiger partial charge < -0.3 is 4.98 Å². The van der Waals surface area contributed by atoms with Crippen LogP contribution in [0.25, 0.3) is 0 Å². The van der Waals surface area contributed by atoms with Gasteiger partial charge in [-0.2, -0.15) is 0 Å². The van der Waals surface area contributed by atoms with Crippen molar-refractivity contribution in [2.75, 3.05) is 5.48 Å². The average Bonchev–Trinajstić information content (AvgIpc) is 2.30. The van der Waals surface area contributed by atoms with Gasteiger partial charge in [0.25, 0.3) is 0 Å². The number of aromatic amines is 1. The first kappa shape index (κ1) is 7.74. The van der Waals surface area contributed by atoms with Crippen LogP contribution in [-0.2, 0) is 0 Å². The van der Waals surface area contributed by atoms with Crippen molar-refractivity contribution in [2.45, 2.75) is 13.8 Å². The Morgan fingerprint density at radius 1 is 1.45 bits per heavy atom. The topological polar surface area (TPSA) is 77.5 Å². The highest BCUT2D eigenvalue weighted by Gasteiger charge is 2.09. The lowest BCUT2D eigenvalue weighted by Crippen LogP contribution is -1.90. The minimum Gasteiger partial charge on any atom is -0.322 e. The van der Waals surface area contributed by atoms with Gasteiger partial charge in [0.2, 0.25) is 0 Å². The van der Waals surface area contributed by atoms with Gasteiger partial charge in [0.15, 0.2) is 5.82 Å². The molecule has 5 nitrogen and oxygen atoms in total. The van der Waals surface area contributed by atoms with Crippen molar-refractivity contribution >= 4 is 11.6 Å². The molecule has 1 aromatic heterocycles. The van der Waals surface area contributed by atoms with Gasteiger partial charge in [0, 0.05) is 5.56 Å². The summed E-state index contributed by atoms with van der Waals surface area (Å²) in [5.41, 5.74) is 3.48. The van der Waals surface area contributed by atoms with Crippen molar-refractivity contribution in [3.05, 3.63) is 16.0 Å². The Morgan fingerprint density at radius 3 is 2.36 bits per heavy atom. The van der Waals surface area contributed by atoms with Crippen LogP contribution in [0.4, 0.5) is 11.6 Å². The Balaban J connectivity index is 3.22. The standard InChI is InChI=1S/C6H9N3O2/c1-3-4(2)6(9-11)7-5(3)8-10/h7-8,10H,1-2H3. The minimum absolute atomic E-state index is 0.249. The molecule has 3 N–H and O–H groups in total. The van der Waals surface area contributed by atoms with E-state index in [0.29, 0.717) is 5.82 Å². The van der Waals surface area contributed by atoms with Crippen LogP contribution in [0.2, 0.25) is 0 Å². The maximum absolute atomic E-state index is 10.1. The number of rotatable bonds is 2. The molecule has 1 aromatic rings. The normalized spacial score (nSPS) is 9.73. The fourth-order valence-electron chi connectivity index (χ4n) is 0.874. The summed E-state index contributed by atoms with van der Waals surface area (Å²) in [5, 5.41) is 11.3. The Kier molecular flexibility index (Phi) is 1.91. The van der Waals surface area contributed by atoms with E-state index in [2.05, 4.69) is 10.2 Å². The van der Waals surface area contributed by atoms with Crippen molar-refractivity contribution < 1.29 is 5.21 Å². The lowest BCUT2D eigenvalue weighted by atomic mass is 10.2. The fourth-order valence-corrected chi connectivity index (χ4v) is 0.874. The van der Waals surface area contributed by atoms with E-state index in [1.807, 2.05) is 5.48 Å². The van der Waals surface area contributed by atoms with Gasteiger partial charge in [-0.3, -0.25) is 10.7 Å². The number of nitrogens with one attached hydrogen (secondary N) is 2. The number of H-pyrrole nitrogens is 1. The first-order chi connectivity index (χ1) is 5.20. The molecule has 0 bridgehead atoms. The molecule has 0 spiro atoms. The molecule has 0 aromatic carbocycles. The maximum atomic E-state index is 10.1. The Labute approximate surface area is 63.4 Å². The van der Waals surface area contributed by atoms with Crippen molar-refractivity contribution in [3.8, 4) is 0 Å². The van der Waals surface area contributed by atoms with Crippen molar-refractivity contribution in [3.63, 3.8) is 0 Å². The van der Waals surface area contributed by atoms with E-state index in [0.717, 1.165) is 11.1 Å². The minimum atomic E-state index is 0.249. The van der Waals surface area contributed by atoms with Gasteiger partial charge >= 0.3 is 0 Å². The van der Waals surface area contributed by atoms with Crippen LogP contribution in [0, 0.1) is 18.8 Å². The van der Waals surface area contributed by atoms with Crippen LogP contribution in [-0.4, -0.2) is 10.2 Å². The van der Waals surface area contributed by atoms with Gasteiger partial charge in [-0.15, -0.1) is 4.91 Å². The van der Waals surface area contributed by atoms with Gasteiger partial charge in [-0.25, -0.2) is 0 Å². The number of nitroso groups, excluding NO2 is 1. The molecule has 0 aliphatic rings. The second-order valence-electron chi connectivity index (χ2n) is 2.30. The quantitative estimate of drug-likeness (QED) is 0.450. The maximum Gasteiger partial charge on any atom is 0.179 e. The van der Waals surface area contributed by atoms with Crippen molar-refractivity contribution in [1.82, 2.24) is 4.98 Å². The smallest absolute Gasteiger partial charge is 0.179 e. The van der Waals surface area contributed by atoms with Crippen LogP contribution in [0.1, 0.15) is 11.1 Å². The predicted molar refractivity (Wildman–Crippen MR) is 41.1 cm³/mol. The molecule has 1 rings (SSSR count). The Bertz CT molecular complexity index is 280. The van der Waals surface area contributed by atoms with Crippen molar-refractivity contribution in [2.24, 2.45) is 5.18 Å². The van der Waals surface area contributed by atoms with E-state index in [4.69, 9.17) is 5.21 Å². The zero-order valence-electron chi connectivity index (χ0n) is 6.30. The molecule has 0 saturated carbocycles. The summed E-state index contributed by atoms with van der Waals surface area (Å²) in [6.45, 7) is 3.53. The molecule has 0 radical (unpaired) electrons. The second-order valence-corrected chi connectivity index (χ2v) is 2.30. The Hall–Kier alpha value is -1.36. The number of hydrogen-bond donors (Lipinski definition) is 3. The van der Waals surface area contributed by atoms with Crippen LogP contribution in [0.3, 0.4) is 0 Å². The van der Waals surface area contributed by atoms with Crippen LogP contribution >= 0.6 is 0 Å². The summed E-state index contributed by atoms with van der Waals surface area (Å²) in [6.07, 6.45) is 0. The molecular formula is C6H9N3O2. The summed E-state index contributed by atoms with van der Waals surface area (Å²) in [7, 11) is 0. The van der Waals surface area contributed by atoms with E-state index in [1.165, 1.54) is 0 Å². The zero-order valence-corrected chi connectivity index (χ0v) is 6.30. The van der Waals surface area contributed by atoms with E-state index in [1.54, 1.807) is 13.8 Å². The molecule has 5 heteroatoms. The lowest BCUT2D eigenvalue weighted by Gasteiger charge is -1.93. The fraction of sp³-hybridized carbons (Fsp3) is 0.333. The second kappa shape index (κ2) is 2.71. The third-order valence-electron chi connectivity index (χ3n) is 1.74. The van der Waals surface area contributed by atoms with E-state index < -0.39 is 0 Å². The van der Waals surface area contributed by atoms with E-state index in [9.17, 15) is 4.91 Å². The molecule has 0 aliphatic heterocycles. The first-order valence-corrected chi connectivity index (χ1v) is 3.13.